The molecule has 4 nitrogen and oxygen atoms in total. The first kappa shape index (κ1) is 9.71. The second kappa shape index (κ2) is 3.08. The topological polar surface area (TPSA) is 74.6 Å². The summed E-state index contributed by atoms with van der Waals surface area (Å²) < 4.78 is 0. The van der Waals surface area contributed by atoms with Crippen molar-refractivity contribution in [3.63, 3.8) is 0 Å². The number of hydrogen-bond donors (Lipinski definition) is 2. The van der Waals surface area contributed by atoms with E-state index in [4.69, 9.17) is 5.11 Å². The van der Waals surface area contributed by atoms with Crippen LogP contribution >= 0.6 is 0 Å². The van der Waals surface area contributed by atoms with Gasteiger partial charge in [-0.15, -0.1) is 0 Å². The van der Waals surface area contributed by atoms with Crippen LogP contribution in [0.5, 0.6) is 5.75 Å². The average molecular weight is 206 g/mol. The van der Waals surface area contributed by atoms with Crippen molar-refractivity contribution in [2.24, 2.45) is 5.41 Å². The highest BCUT2D eigenvalue weighted by Crippen LogP contribution is 2.48. The summed E-state index contributed by atoms with van der Waals surface area (Å²) in [5.74, 6) is -1.51. The molecule has 0 radical (unpaired) electrons. The van der Waals surface area contributed by atoms with Gasteiger partial charge in [-0.2, -0.15) is 0 Å². The lowest BCUT2D eigenvalue weighted by Crippen LogP contribution is -2.25. The van der Waals surface area contributed by atoms with Crippen molar-refractivity contribution < 1.29 is 19.8 Å². The number of phenolic OH excluding ortho intramolecular Hbond substituents is 1. The van der Waals surface area contributed by atoms with Crippen molar-refractivity contribution in [3.05, 3.63) is 29.8 Å². The second-order valence-corrected chi connectivity index (χ2v) is 3.77. The van der Waals surface area contributed by atoms with Crippen LogP contribution in [-0.4, -0.2) is 22.0 Å². The van der Waals surface area contributed by atoms with Crippen molar-refractivity contribution in [2.75, 3.05) is 0 Å². The van der Waals surface area contributed by atoms with Crippen LogP contribution in [0.15, 0.2) is 24.3 Å². The van der Waals surface area contributed by atoms with Gasteiger partial charge in [0.05, 0.1) is 0 Å². The van der Waals surface area contributed by atoms with E-state index in [0.29, 0.717) is 12.8 Å². The van der Waals surface area contributed by atoms with Crippen LogP contribution in [0.25, 0.3) is 0 Å². The largest absolute Gasteiger partial charge is 0.508 e. The zero-order chi connectivity index (χ0) is 11.1. The molecule has 2 rings (SSSR count). The Morgan fingerprint density at radius 3 is 2.40 bits per heavy atom. The number of carboxylic acids is 1. The first-order valence-corrected chi connectivity index (χ1v) is 4.63. The molecular weight excluding hydrogens is 196 g/mol. The van der Waals surface area contributed by atoms with Gasteiger partial charge in [-0.3, -0.25) is 9.59 Å². The monoisotopic (exact) mass is 206 g/mol. The lowest BCUT2D eigenvalue weighted by Gasteiger charge is -2.08. The van der Waals surface area contributed by atoms with Gasteiger partial charge in [0.15, 0.2) is 5.78 Å². The van der Waals surface area contributed by atoms with Gasteiger partial charge in [0.2, 0.25) is 0 Å². The SMILES string of the molecule is O=C(O)C1(C(=O)c2cccc(O)c2)CC1. The average Bonchev–Trinajstić information content (AvgIpc) is 2.97. The molecule has 78 valence electrons. The van der Waals surface area contributed by atoms with Crippen LogP contribution in [0.4, 0.5) is 0 Å². The van der Waals surface area contributed by atoms with Gasteiger partial charge in [-0.1, -0.05) is 12.1 Å². The lowest BCUT2D eigenvalue weighted by atomic mass is 9.95. The number of hydrogen-bond acceptors (Lipinski definition) is 3. The molecule has 1 aliphatic rings. The predicted octanol–water partition coefficient (Wildman–Crippen LogP) is 1.44. The molecule has 1 fully saturated rings. The normalized spacial score (nSPS) is 17.1. The molecule has 1 aliphatic carbocycles. The Hall–Kier alpha value is -1.84. The molecule has 0 unspecified atom stereocenters. The van der Waals surface area contributed by atoms with Crippen LogP contribution in [-0.2, 0) is 4.79 Å². The van der Waals surface area contributed by atoms with Crippen molar-refractivity contribution in [2.45, 2.75) is 12.8 Å². The number of carbonyl (C=O) groups is 2. The smallest absolute Gasteiger partial charge is 0.317 e. The van der Waals surface area contributed by atoms with Gasteiger partial charge in [-0.05, 0) is 25.0 Å². The molecule has 1 saturated carbocycles. The third kappa shape index (κ3) is 1.48. The highest BCUT2D eigenvalue weighted by atomic mass is 16.4. The van der Waals surface area contributed by atoms with E-state index in [0.717, 1.165) is 0 Å². The molecule has 0 spiro atoms. The van der Waals surface area contributed by atoms with Crippen molar-refractivity contribution in [1.29, 1.82) is 0 Å². The minimum absolute atomic E-state index is 0.0259. The van der Waals surface area contributed by atoms with E-state index in [2.05, 4.69) is 0 Å². The number of aromatic hydroxyl groups is 1. The number of benzene rings is 1. The van der Waals surface area contributed by atoms with Crippen LogP contribution in [0.3, 0.4) is 0 Å². The van der Waals surface area contributed by atoms with Gasteiger partial charge < -0.3 is 10.2 Å². The van der Waals surface area contributed by atoms with Crippen molar-refractivity contribution >= 4 is 11.8 Å². The van der Waals surface area contributed by atoms with Crippen molar-refractivity contribution in [1.82, 2.24) is 0 Å². The Morgan fingerprint density at radius 1 is 1.27 bits per heavy atom. The van der Waals surface area contributed by atoms with Gasteiger partial charge in [-0.25, -0.2) is 0 Å². The first-order valence-electron chi connectivity index (χ1n) is 4.63. The summed E-state index contributed by atoms with van der Waals surface area (Å²) in [5.41, 5.74) is -0.969. The molecule has 0 bridgehead atoms. The highest BCUT2D eigenvalue weighted by Gasteiger charge is 2.56. The third-order valence-corrected chi connectivity index (χ3v) is 2.70. The van der Waals surface area contributed by atoms with Gasteiger partial charge in [0.25, 0.3) is 0 Å². The van der Waals surface area contributed by atoms with E-state index in [1.165, 1.54) is 24.3 Å². The molecule has 0 aliphatic heterocycles. The number of phenols is 1. The van der Waals surface area contributed by atoms with E-state index in [1.807, 2.05) is 0 Å². The Bertz CT molecular complexity index is 432. The summed E-state index contributed by atoms with van der Waals surface area (Å²) in [7, 11) is 0. The minimum Gasteiger partial charge on any atom is -0.508 e. The highest BCUT2D eigenvalue weighted by molar-refractivity contribution is 6.14. The zero-order valence-electron chi connectivity index (χ0n) is 7.93. The molecule has 0 atom stereocenters. The number of carboxylic acid groups (broad SMARTS) is 1. The number of aliphatic carboxylic acids is 1. The molecule has 0 amide bonds. The minimum atomic E-state index is -1.23. The Balaban J connectivity index is 2.33. The maximum Gasteiger partial charge on any atom is 0.317 e. The van der Waals surface area contributed by atoms with Crippen LogP contribution in [0.1, 0.15) is 23.2 Å². The van der Waals surface area contributed by atoms with Crippen LogP contribution in [0.2, 0.25) is 0 Å². The Kier molecular flexibility index (Phi) is 2.00. The predicted molar refractivity (Wildman–Crippen MR) is 51.7 cm³/mol. The summed E-state index contributed by atoms with van der Waals surface area (Å²) in [5, 5.41) is 18.1. The number of ketones is 1. The second-order valence-electron chi connectivity index (χ2n) is 3.77. The van der Waals surface area contributed by atoms with Crippen LogP contribution in [0, 0.1) is 5.41 Å². The molecule has 0 heterocycles. The molecular formula is C11H10O4. The third-order valence-electron chi connectivity index (χ3n) is 2.70. The van der Waals surface area contributed by atoms with E-state index < -0.39 is 17.2 Å². The van der Waals surface area contributed by atoms with E-state index in [-0.39, 0.29) is 11.3 Å². The molecule has 2 N–H and O–H groups in total. The standard InChI is InChI=1S/C11H10O4/c12-8-3-1-2-7(6-8)9(13)11(4-5-11)10(14)15/h1-3,6,12H,4-5H2,(H,14,15). The van der Waals surface area contributed by atoms with E-state index >= 15 is 0 Å². The Morgan fingerprint density at radius 2 is 1.93 bits per heavy atom. The number of carbonyl (C=O) groups excluding carboxylic acids is 1. The Labute approximate surface area is 86.2 Å². The van der Waals surface area contributed by atoms with Gasteiger partial charge in [0.1, 0.15) is 11.2 Å². The number of Topliss-reactive ketones (excluding diaryl/α,β-unsaturated/α-hetero) is 1. The molecule has 15 heavy (non-hydrogen) atoms. The first-order chi connectivity index (χ1) is 7.06. The van der Waals surface area contributed by atoms with Gasteiger partial charge >= 0.3 is 5.97 Å². The summed E-state index contributed by atoms with van der Waals surface area (Å²) >= 11 is 0. The van der Waals surface area contributed by atoms with Crippen LogP contribution < -0.4 is 0 Å². The lowest BCUT2D eigenvalue weighted by molar-refractivity contribution is -0.141. The fourth-order valence-electron chi connectivity index (χ4n) is 1.59. The molecule has 0 aromatic heterocycles. The molecule has 1 aromatic rings. The van der Waals surface area contributed by atoms with Gasteiger partial charge in [0, 0.05) is 5.56 Å². The fourth-order valence-corrected chi connectivity index (χ4v) is 1.59. The maximum absolute atomic E-state index is 11.8. The van der Waals surface area contributed by atoms with E-state index in [1.54, 1.807) is 0 Å². The number of rotatable bonds is 3. The summed E-state index contributed by atoms with van der Waals surface area (Å²) in [6, 6.07) is 5.79. The van der Waals surface area contributed by atoms with E-state index in [9.17, 15) is 14.7 Å². The summed E-state index contributed by atoms with van der Waals surface area (Å²) in [6.07, 6.45) is 0.771. The summed E-state index contributed by atoms with van der Waals surface area (Å²) in [6.45, 7) is 0. The maximum atomic E-state index is 11.8. The fraction of sp³-hybridized carbons (Fsp3) is 0.273. The molecule has 4 heteroatoms. The molecule has 1 aromatic carbocycles. The zero-order valence-corrected chi connectivity index (χ0v) is 7.93. The quantitative estimate of drug-likeness (QED) is 0.579. The molecule has 0 saturated heterocycles. The summed E-state index contributed by atoms with van der Waals surface area (Å²) in [4.78, 5) is 22.7. The van der Waals surface area contributed by atoms with Crippen molar-refractivity contribution in [3.8, 4) is 5.75 Å².